The number of hydrogen-bond donors (Lipinski definition) is 2. The molecule has 7 nitrogen and oxygen atoms in total. The van der Waals surface area contributed by atoms with E-state index in [0.29, 0.717) is 16.9 Å². The Kier molecular flexibility index (Phi) is 5.10. The van der Waals surface area contributed by atoms with Crippen LogP contribution in [0.25, 0.3) is 22.2 Å². The largest absolute Gasteiger partial charge is 0.457 e. The van der Waals surface area contributed by atoms with Crippen molar-refractivity contribution in [2.24, 2.45) is 0 Å². The lowest BCUT2D eigenvalue weighted by molar-refractivity contribution is 0.0635. The molecule has 0 aliphatic carbocycles. The quantitative estimate of drug-likeness (QED) is 0.453. The second kappa shape index (κ2) is 7.87. The van der Waals surface area contributed by atoms with Crippen LogP contribution in [0.3, 0.4) is 0 Å². The van der Waals surface area contributed by atoms with Gasteiger partial charge in [-0.05, 0) is 50.6 Å². The van der Waals surface area contributed by atoms with E-state index in [1.807, 2.05) is 81.6 Å². The molecule has 0 unspecified atom stereocenters. The number of nitrogens with zero attached hydrogens (tertiary/aromatic N) is 2. The van der Waals surface area contributed by atoms with Gasteiger partial charge in [-0.1, -0.05) is 30.3 Å². The number of H-pyrrole nitrogens is 1. The van der Waals surface area contributed by atoms with Gasteiger partial charge in [0.1, 0.15) is 34.9 Å². The first-order valence-corrected chi connectivity index (χ1v) is 9.54. The van der Waals surface area contributed by atoms with E-state index in [2.05, 4.69) is 20.3 Å². The Labute approximate surface area is 174 Å². The van der Waals surface area contributed by atoms with E-state index in [1.165, 1.54) is 6.33 Å². The van der Waals surface area contributed by atoms with Crippen LogP contribution in [0.4, 0.5) is 10.6 Å². The smallest absolute Gasteiger partial charge is 0.413 e. The summed E-state index contributed by atoms with van der Waals surface area (Å²) < 4.78 is 11.2. The Balaban J connectivity index is 1.62. The molecule has 0 spiro atoms. The number of benzene rings is 2. The Morgan fingerprint density at radius 1 is 0.967 bits per heavy atom. The van der Waals surface area contributed by atoms with Crippen molar-refractivity contribution in [1.29, 1.82) is 0 Å². The maximum absolute atomic E-state index is 12.2. The van der Waals surface area contributed by atoms with Crippen molar-refractivity contribution >= 4 is 22.9 Å². The van der Waals surface area contributed by atoms with Gasteiger partial charge in [0.25, 0.3) is 0 Å². The van der Waals surface area contributed by atoms with Gasteiger partial charge in [-0.3, -0.25) is 5.32 Å². The number of ether oxygens (including phenoxy) is 2. The lowest BCUT2D eigenvalue weighted by Gasteiger charge is -2.19. The molecule has 4 rings (SSSR count). The van der Waals surface area contributed by atoms with Crippen LogP contribution in [-0.2, 0) is 4.74 Å². The standard InChI is InChI=1S/C23H22N4O3/c1-23(2,3)30-22(28)27-21-19-18(13-24-20(19)25-14-26-21)15-9-11-17(12-10-15)29-16-7-5-4-6-8-16/h4-14H,1-3H3,(H2,24,25,26,27,28). The van der Waals surface area contributed by atoms with Crippen molar-refractivity contribution in [2.75, 3.05) is 5.32 Å². The van der Waals surface area contributed by atoms with Crippen LogP contribution < -0.4 is 10.1 Å². The predicted molar refractivity (Wildman–Crippen MR) is 116 cm³/mol. The summed E-state index contributed by atoms with van der Waals surface area (Å²) in [7, 11) is 0. The number of para-hydroxylation sites is 1. The van der Waals surface area contributed by atoms with Gasteiger partial charge in [0.15, 0.2) is 0 Å². The third kappa shape index (κ3) is 4.41. The summed E-state index contributed by atoms with van der Waals surface area (Å²) in [4.78, 5) is 23.9. The Morgan fingerprint density at radius 3 is 2.37 bits per heavy atom. The fraction of sp³-hybridized carbons (Fsp3) is 0.174. The molecule has 2 N–H and O–H groups in total. The number of aromatic amines is 1. The second-order valence-corrected chi connectivity index (χ2v) is 7.71. The Morgan fingerprint density at radius 2 is 1.67 bits per heavy atom. The zero-order chi connectivity index (χ0) is 21.1. The van der Waals surface area contributed by atoms with Gasteiger partial charge in [-0.2, -0.15) is 0 Å². The Hall–Kier alpha value is -3.87. The van der Waals surface area contributed by atoms with E-state index >= 15 is 0 Å². The number of fused-ring (bicyclic) bond motifs is 1. The van der Waals surface area contributed by atoms with E-state index < -0.39 is 11.7 Å². The number of carbonyl (C=O) groups excluding carboxylic acids is 1. The molecule has 2 aromatic carbocycles. The minimum absolute atomic E-state index is 0.384. The van der Waals surface area contributed by atoms with Gasteiger partial charge in [-0.25, -0.2) is 14.8 Å². The van der Waals surface area contributed by atoms with E-state index in [-0.39, 0.29) is 0 Å². The monoisotopic (exact) mass is 402 g/mol. The zero-order valence-corrected chi connectivity index (χ0v) is 17.0. The lowest BCUT2D eigenvalue weighted by atomic mass is 10.1. The lowest BCUT2D eigenvalue weighted by Crippen LogP contribution is -2.27. The minimum atomic E-state index is -0.605. The third-order valence-corrected chi connectivity index (χ3v) is 4.23. The summed E-state index contributed by atoms with van der Waals surface area (Å²) in [5.41, 5.74) is 1.81. The van der Waals surface area contributed by atoms with Crippen molar-refractivity contribution < 1.29 is 14.3 Å². The highest BCUT2D eigenvalue weighted by atomic mass is 16.6. The molecule has 0 aliphatic heterocycles. The summed E-state index contributed by atoms with van der Waals surface area (Å²) in [6.45, 7) is 5.43. The fourth-order valence-electron chi connectivity index (χ4n) is 3.01. The molecule has 0 radical (unpaired) electrons. The molecular weight excluding hydrogens is 380 g/mol. The van der Waals surface area contributed by atoms with Crippen LogP contribution >= 0.6 is 0 Å². The highest BCUT2D eigenvalue weighted by Crippen LogP contribution is 2.33. The maximum Gasteiger partial charge on any atom is 0.413 e. The van der Waals surface area contributed by atoms with Crippen LogP contribution in [0.2, 0.25) is 0 Å². The van der Waals surface area contributed by atoms with Gasteiger partial charge in [0.05, 0.1) is 5.39 Å². The first kappa shape index (κ1) is 19.4. The van der Waals surface area contributed by atoms with Gasteiger partial charge in [0.2, 0.25) is 0 Å². The number of rotatable bonds is 4. The Bertz CT molecular complexity index is 1160. The van der Waals surface area contributed by atoms with Crippen LogP contribution in [-0.4, -0.2) is 26.6 Å². The summed E-state index contributed by atoms with van der Waals surface area (Å²) in [5, 5.41) is 3.43. The maximum atomic E-state index is 12.2. The molecule has 1 amide bonds. The van der Waals surface area contributed by atoms with E-state index in [4.69, 9.17) is 9.47 Å². The topological polar surface area (TPSA) is 89.1 Å². The molecule has 7 heteroatoms. The molecule has 0 saturated carbocycles. The summed E-state index contributed by atoms with van der Waals surface area (Å²) >= 11 is 0. The number of hydrogen-bond acceptors (Lipinski definition) is 5. The molecule has 152 valence electrons. The van der Waals surface area contributed by atoms with Gasteiger partial charge < -0.3 is 14.5 Å². The van der Waals surface area contributed by atoms with E-state index in [9.17, 15) is 4.79 Å². The molecule has 2 heterocycles. The SMILES string of the molecule is CC(C)(C)OC(=O)Nc1ncnc2[nH]cc(-c3ccc(Oc4ccccc4)cc3)c12. The van der Waals surface area contributed by atoms with Crippen LogP contribution in [0.1, 0.15) is 20.8 Å². The summed E-state index contributed by atoms with van der Waals surface area (Å²) in [6.07, 6.45) is 2.67. The molecule has 0 bridgehead atoms. The normalized spacial score (nSPS) is 11.3. The van der Waals surface area contributed by atoms with Crippen molar-refractivity contribution in [3.05, 3.63) is 67.1 Å². The van der Waals surface area contributed by atoms with E-state index in [0.717, 1.165) is 22.6 Å². The molecule has 2 aromatic heterocycles. The second-order valence-electron chi connectivity index (χ2n) is 7.71. The summed E-state index contributed by atoms with van der Waals surface area (Å²) in [5.74, 6) is 1.89. The molecule has 0 saturated heterocycles. The summed E-state index contributed by atoms with van der Waals surface area (Å²) in [6, 6.07) is 17.3. The average Bonchev–Trinajstić information content (AvgIpc) is 3.13. The molecule has 0 fully saturated rings. The number of amides is 1. The molecule has 0 aliphatic rings. The molecule has 0 atom stereocenters. The number of anilines is 1. The van der Waals surface area contributed by atoms with Gasteiger partial charge >= 0.3 is 6.09 Å². The first-order chi connectivity index (χ1) is 14.4. The van der Waals surface area contributed by atoms with Crippen molar-refractivity contribution in [3.8, 4) is 22.6 Å². The highest BCUT2D eigenvalue weighted by Gasteiger charge is 2.19. The predicted octanol–water partition coefficient (Wildman–Crippen LogP) is 5.76. The number of nitrogens with one attached hydrogen (secondary N) is 2. The third-order valence-electron chi connectivity index (χ3n) is 4.23. The number of carbonyl (C=O) groups is 1. The average molecular weight is 402 g/mol. The van der Waals surface area contributed by atoms with Gasteiger partial charge in [-0.15, -0.1) is 0 Å². The molecule has 30 heavy (non-hydrogen) atoms. The van der Waals surface area contributed by atoms with Crippen LogP contribution in [0.15, 0.2) is 67.1 Å². The molecular formula is C23H22N4O3. The number of aromatic nitrogens is 3. The van der Waals surface area contributed by atoms with E-state index in [1.54, 1.807) is 0 Å². The highest BCUT2D eigenvalue weighted by molar-refractivity contribution is 6.04. The van der Waals surface area contributed by atoms with Crippen molar-refractivity contribution in [3.63, 3.8) is 0 Å². The van der Waals surface area contributed by atoms with Crippen LogP contribution in [0.5, 0.6) is 11.5 Å². The molecule has 4 aromatic rings. The zero-order valence-electron chi connectivity index (χ0n) is 17.0. The van der Waals surface area contributed by atoms with Crippen molar-refractivity contribution in [1.82, 2.24) is 15.0 Å². The fourth-order valence-corrected chi connectivity index (χ4v) is 3.01. The first-order valence-electron chi connectivity index (χ1n) is 9.54. The minimum Gasteiger partial charge on any atom is -0.457 e. The van der Waals surface area contributed by atoms with Crippen molar-refractivity contribution in [2.45, 2.75) is 26.4 Å². The van der Waals surface area contributed by atoms with Crippen LogP contribution in [0, 0.1) is 0 Å². The van der Waals surface area contributed by atoms with Gasteiger partial charge in [0, 0.05) is 11.8 Å².